The van der Waals surface area contributed by atoms with Crippen LogP contribution in [0.3, 0.4) is 0 Å². The Morgan fingerprint density at radius 2 is 1.49 bits per heavy atom. The fourth-order valence-electron chi connectivity index (χ4n) is 4.82. The Balaban J connectivity index is 1.06. The Bertz CT molecular complexity index is 1890. The van der Waals surface area contributed by atoms with Gasteiger partial charge in [-0.05, 0) is 83.4 Å². The lowest BCUT2D eigenvalue weighted by Crippen LogP contribution is -2.30. The van der Waals surface area contributed by atoms with Gasteiger partial charge in [0, 0.05) is 53.1 Å². The van der Waals surface area contributed by atoms with Gasteiger partial charge in [-0.1, -0.05) is 66.2 Å². The minimum atomic E-state index is -4.13. The molecule has 0 heterocycles. The molecule has 0 bridgehead atoms. The lowest BCUT2D eigenvalue weighted by atomic mass is 10.00. The first kappa shape index (κ1) is 33.9. The summed E-state index contributed by atoms with van der Waals surface area (Å²) in [4.78, 5) is 13.9. The quantitative estimate of drug-likeness (QED) is 0.0449. The first-order chi connectivity index (χ1) is 22.8. The number of nitrogens with one attached hydrogen (secondary N) is 4. The summed E-state index contributed by atoms with van der Waals surface area (Å²) in [5, 5.41) is 10.7. The summed E-state index contributed by atoms with van der Waals surface area (Å²) in [6.07, 6.45) is 0. The number of nitrogens with two attached hydrogens (primary N) is 1. The standard InChI is InChI=1S/C36H36ClN5O3S2/c37-29-14-10-26(11-15-29)33-9-5-4-6-28(33)25-39-20-21-40-30-16-12-27(13-17-30)36(43)42-47(44,45)32-18-19-35(34(38)24-32)41-22-23-46-31-7-2-1-3-8-31/h1-19,24,39-41H,20-23,25,38H2,(H,42,43). The van der Waals surface area contributed by atoms with E-state index in [1.807, 2.05) is 66.7 Å². The number of sulfonamides is 1. The van der Waals surface area contributed by atoms with E-state index in [-0.39, 0.29) is 16.1 Å². The predicted octanol–water partition coefficient (Wildman–Crippen LogP) is 7.11. The molecule has 242 valence electrons. The number of halogens is 1. The summed E-state index contributed by atoms with van der Waals surface area (Å²) in [6, 6.07) is 37.1. The van der Waals surface area contributed by atoms with Crippen molar-refractivity contribution in [1.82, 2.24) is 10.0 Å². The molecule has 0 aliphatic heterocycles. The lowest BCUT2D eigenvalue weighted by molar-refractivity contribution is 0.0981. The fourth-order valence-corrected chi connectivity index (χ4v) is 6.75. The highest BCUT2D eigenvalue weighted by molar-refractivity contribution is 7.99. The van der Waals surface area contributed by atoms with E-state index in [0.717, 1.165) is 22.6 Å². The fraction of sp³-hybridized carbons (Fsp3) is 0.139. The van der Waals surface area contributed by atoms with Crippen LogP contribution in [0, 0.1) is 0 Å². The second-order valence-corrected chi connectivity index (χ2v) is 13.9. The van der Waals surface area contributed by atoms with E-state index in [0.29, 0.717) is 36.9 Å². The van der Waals surface area contributed by atoms with E-state index in [1.54, 1.807) is 42.1 Å². The van der Waals surface area contributed by atoms with Crippen molar-refractivity contribution in [2.45, 2.75) is 16.3 Å². The Morgan fingerprint density at radius 3 is 2.23 bits per heavy atom. The average molecular weight is 686 g/mol. The van der Waals surface area contributed by atoms with Gasteiger partial charge in [-0.3, -0.25) is 4.79 Å². The van der Waals surface area contributed by atoms with Crippen molar-refractivity contribution in [3.63, 3.8) is 0 Å². The SMILES string of the molecule is Nc1cc(S(=O)(=O)NC(=O)c2ccc(NCCNCc3ccccc3-c3ccc(Cl)cc3)cc2)ccc1NCCSc1ccccc1. The molecule has 0 unspecified atom stereocenters. The van der Waals surface area contributed by atoms with Crippen LogP contribution in [-0.4, -0.2) is 39.7 Å². The minimum Gasteiger partial charge on any atom is -0.397 e. The summed E-state index contributed by atoms with van der Waals surface area (Å²) in [5.41, 5.74) is 11.5. The maximum atomic E-state index is 12.9. The van der Waals surface area contributed by atoms with Gasteiger partial charge in [0.15, 0.2) is 0 Å². The van der Waals surface area contributed by atoms with Gasteiger partial charge in [0.25, 0.3) is 15.9 Å². The molecule has 0 atom stereocenters. The van der Waals surface area contributed by atoms with E-state index in [2.05, 4.69) is 32.8 Å². The highest BCUT2D eigenvalue weighted by atomic mass is 35.5. The third kappa shape index (κ3) is 9.76. The van der Waals surface area contributed by atoms with E-state index in [9.17, 15) is 13.2 Å². The number of carbonyl (C=O) groups is 1. The second kappa shape index (κ2) is 16.4. The molecule has 11 heteroatoms. The molecule has 0 aliphatic carbocycles. The summed E-state index contributed by atoms with van der Waals surface area (Å²) in [7, 11) is -4.13. The van der Waals surface area contributed by atoms with Gasteiger partial charge in [0.2, 0.25) is 0 Å². The van der Waals surface area contributed by atoms with Gasteiger partial charge in [0.1, 0.15) is 0 Å². The summed E-state index contributed by atoms with van der Waals surface area (Å²) >= 11 is 7.75. The first-order valence-corrected chi connectivity index (χ1v) is 17.9. The van der Waals surface area contributed by atoms with Gasteiger partial charge >= 0.3 is 0 Å². The number of amides is 1. The molecule has 47 heavy (non-hydrogen) atoms. The Morgan fingerprint density at radius 1 is 0.766 bits per heavy atom. The van der Waals surface area contributed by atoms with Crippen LogP contribution in [-0.2, 0) is 16.6 Å². The van der Waals surface area contributed by atoms with Crippen LogP contribution in [0.5, 0.6) is 0 Å². The average Bonchev–Trinajstić information content (AvgIpc) is 3.08. The number of hydrogen-bond acceptors (Lipinski definition) is 8. The molecule has 0 aromatic heterocycles. The molecular formula is C36H36ClN5O3S2. The predicted molar refractivity (Wildman–Crippen MR) is 195 cm³/mol. The van der Waals surface area contributed by atoms with Crippen LogP contribution in [0.25, 0.3) is 11.1 Å². The number of anilines is 3. The van der Waals surface area contributed by atoms with E-state index < -0.39 is 15.9 Å². The van der Waals surface area contributed by atoms with Crippen molar-refractivity contribution in [1.29, 1.82) is 0 Å². The van der Waals surface area contributed by atoms with E-state index >= 15 is 0 Å². The molecule has 6 N–H and O–H groups in total. The lowest BCUT2D eigenvalue weighted by Gasteiger charge is -2.13. The topological polar surface area (TPSA) is 125 Å². The zero-order chi connectivity index (χ0) is 33.1. The maximum absolute atomic E-state index is 12.9. The third-order valence-corrected chi connectivity index (χ3v) is 9.85. The van der Waals surface area contributed by atoms with Gasteiger partial charge in [-0.2, -0.15) is 0 Å². The highest BCUT2D eigenvalue weighted by Crippen LogP contribution is 2.26. The smallest absolute Gasteiger partial charge is 0.264 e. The molecule has 5 rings (SSSR count). The molecule has 0 radical (unpaired) electrons. The Labute approximate surface area is 285 Å². The Kier molecular flexibility index (Phi) is 11.8. The van der Waals surface area contributed by atoms with Crippen molar-refractivity contribution >= 4 is 56.4 Å². The molecule has 1 amide bonds. The highest BCUT2D eigenvalue weighted by Gasteiger charge is 2.20. The largest absolute Gasteiger partial charge is 0.397 e. The summed E-state index contributed by atoms with van der Waals surface area (Å²) < 4.78 is 28.0. The third-order valence-electron chi connectivity index (χ3n) is 7.26. The molecule has 8 nitrogen and oxygen atoms in total. The molecule has 0 fully saturated rings. The number of benzene rings is 5. The zero-order valence-electron chi connectivity index (χ0n) is 25.6. The van der Waals surface area contributed by atoms with Crippen molar-refractivity contribution in [2.24, 2.45) is 0 Å². The number of hydrogen-bond donors (Lipinski definition) is 5. The van der Waals surface area contributed by atoms with Gasteiger partial charge in [-0.15, -0.1) is 11.8 Å². The van der Waals surface area contributed by atoms with Crippen molar-refractivity contribution in [2.75, 3.05) is 41.8 Å². The molecule has 5 aromatic carbocycles. The van der Waals surface area contributed by atoms with Gasteiger partial charge in [0.05, 0.1) is 16.3 Å². The summed E-state index contributed by atoms with van der Waals surface area (Å²) in [6.45, 7) is 2.71. The molecule has 5 aromatic rings. The number of thioether (sulfide) groups is 1. The number of carbonyl (C=O) groups excluding carboxylic acids is 1. The van der Waals surface area contributed by atoms with Crippen LogP contribution in [0.4, 0.5) is 17.1 Å². The van der Waals surface area contributed by atoms with Crippen LogP contribution in [0.1, 0.15) is 15.9 Å². The number of nitrogen functional groups attached to an aromatic ring is 1. The van der Waals surface area contributed by atoms with Crippen LogP contribution < -0.4 is 26.4 Å². The van der Waals surface area contributed by atoms with Crippen LogP contribution in [0.2, 0.25) is 5.02 Å². The molecule has 0 saturated heterocycles. The maximum Gasteiger partial charge on any atom is 0.264 e. The van der Waals surface area contributed by atoms with Crippen LogP contribution >= 0.6 is 23.4 Å². The van der Waals surface area contributed by atoms with Gasteiger partial charge < -0.3 is 21.7 Å². The first-order valence-electron chi connectivity index (χ1n) is 15.1. The van der Waals surface area contributed by atoms with E-state index in [4.69, 9.17) is 17.3 Å². The minimum absolute atomic E-state index is 0.0888. The van der Waals surface area contributed by atoms with Gasteiger partial charge in [-0.25, -0.2) is 13.1 Å². The molecule has 0 saturated carbocycles. The van der Waals surface area contributed by atoms with Crippen molar-refractivity contribution in [3.05, 3.63) is 137 Å². The zero-order valence-corrected chi connectivity index (χ0v) is 28.0. The molecular weight excluding hydrogens is 650 g/mol. The van der Waals surface area contributed by atoms with E-state index in [1.165, 1.54) is 22.6 Å². The van der Waals surface area contributed by atoms with Crippen molar-refractivity contribution in [3.8, 4) is 11.1 Å². The molecule has 0 spiro atoms. The summed E-state index contributed by atoms with van der Waals surface area (Å²) in [5.74, 6) is 0.0855. The Hall–Kier alpha value is -4.48. The number of rotatable bonds is 15. The monoisotopic (exact) mass is 685 g/mol. The second-order valence-electron chi connectivity index (χ2n) is 10.6. The van der Waals surface area contributed by atoms with Crippen molar-refractivity contribution < 1.29 is 13.2 Å². The van der Waals surface area contributed by atoms with Crippen LogP contribution in [0.15, 0.2) is 131 Å². The molecule has 0 aliphatic rings. The normalized spacial score (nSPS) is 11.2.